The first-order valence-corrected chi connectivity index (χ1v) is 12.0. The Hall–Kier alpha value is -2.65. The minimum absolute atomic E-state index is 0.242. The maximum Gasteiger partial charge on any atom is 0.333 e. The molecule has 0 radical (unpaired) electrons. The summed E-state index contributed by atoms with van der Waals surface area (Å²) < 4.78 is 2.93. The van der Waals surface area contributed by atoms with E-state index in [-0.39, 0.29) is 23.7 Å². The topological polar surface area (TPSA) is 89.2 Å². The Morgan fingerprint density at radius 3 is 2.66 bits per heavy atom. The minimum atomic E-state index is -0.516. The zero-order valence-electron chi connectivity index (χ0n) is 18.2. The van der Waals surface area contributed by atoms with Gasteiger partial charge in [-0.15, -0.1) is 0 Å². The van der Waals surface area contributed by atoms with Gasteiger partial charge in [0, 0.05) is 30.3 Å². The van der Waals surface area contributed by atoms with Crippen LogP contribution >= 0.6 is 22.9 Å². The summed E-state index contributed by atoms with van der Waals surface area (Å²) in [6.45, 7) is 5.52. The van der Waals surface area contributed by atoms with E-state index >= 15 is 0 Å². The molecule has 1 saturated heterocycles. The van der Waals surface area contributed by atoms with Crippen LogP contribution in [0.1, 0.15) is 38.2 Å². The molecule has 3 heterocycles. The van der Waals surface area contributed by atoms with Gasteiger partial charge in [0.05, 0.1) is 0 Å². The van der Waals surface area contributed by atoms with Crippen LogP contribution in [0.15, 0.2) is 27.8 Å². The van der Waals surface area contributed by atoms with Gasteiger partial charge >= 0.3 is 5.69 Å². The zero-order chi connectivity index (χ0) is 22.8. The fraction of sp³-hybridized carbons (Fsp3) is 0.455. The van der Waals surface area contributed by atoms with E-state index in [0.717, 1.165) is 36.6 Å². The number of nitrogens with zero attached hydrogens (tertiary/aromatic N) is 4. The van der Waals surface area contributed by atoms with Gasteiger partial charge in [0.15, 0.2) is 10.8 Å². The Morgan fingerprint density at radius 2 is 1.94 bits per heavy atom. The number of thiazole rings is 1. The first kappa shape index (κ1) is 22.5. The van der Waals surface area contributed by atoms with Gasteiger partial charge in [-0.1, -0.05) is 35.9 Å². The van der Waals surface area contributed by atoms with Crippen LogP contribution < -0.4 is 21.5 Å². The van der Waals surface area contributed by atoms with Crippen LogP contribution in [0, 0.1) is 6.92 Å². The monoisotopic (exact) mass is 475 g/mol. The fourth-order valence-corrected chi connectivity index (χ4v) is 5.17. The first-order valence-electron chi connectivity index (χ1n) is 10.8. The molecule has 2 aromatic heterocycles. The molecule has 3 aromatic rings. The van der Waals surface area contributed by atoms with Crippen LogP contribution in [0.4, 0.5) is 10.8 Å². The molecular weight excluding hydrogens is 450 g/mol. The molecule has 8 nitrogen and oxygen atoms in total. The number of hydrogen-bond donors (Lipinski definition) is 1. The second-order valence-electron chi connectivity index (χ2n) is 7.98. The fourth-order valence-electron chi connectivity index (χ4n) is 3.93. The van der Waals surface area contributed by atoms with Gasteiger partial charge in [0.1, 0.15) is 11.2 Å². The van der Waals surface area contributed by atoms with E-state index in [1.54, 1.807) is 18.2 Å². The van der Waals surface area contributed by atoms with Crippen LogP contribution in [-0.4, -0.2) is 33.1 Å². The van der Waals surface area contributed by atoms with Crippen molar-refractivity contribution < 1.29 is 4.79 Å². The summed E-state index contributed by atoms with van der Waals surface area (Å²) in [7, 11) is 0. The second-order valence-corrected chi connectivity index (χ2v) is 9.37. The number of carbonyl (C=O) groups is 1. The van der Waals surface area contributed by atoms with E-state index in [1.165, 1.54) is 26.9 Å². The molecule has 1 N–H and O–H groups in total. The largest absolute Gasteiger partial charge is 0.348 e. The SMILES string of the molecule is CCCn1c(=O)c2sc(N3CCCCC3)nc2n(CC(=O)Nc2cccc(Cl)c2C)c1=O. The van der Waals surface area contributed by atoms with Crippen LogP contribution in [0.2, 0.25) is 5.02 Å². The lowest BCUT2D eigenvalue weighted by molar-refractivity contribution is -0.116. The third-order valence-electron chi connectivity index (χ3n) is 5.67. The summed E-state index contributed by atoms with van der Waals surface area (Å²) in [5, 5.41) is 4.10. The highest BCUT2D eigenvalue weighted by Gasteiger charge is 2.22. The van der Waals surface area contributed by atoms with Crippen molar-refractivity contribution in [3.8, 4) is 0 Å². The van der Waals surface area contributed by atoms with Gasteiger partial charge < -0.3 is 10.2 Å². The van der Waals surface area contributed by atoms with Crippen molar-refractivity contribution in [3.05, 3.63) is 49.6 Å². The molecule has 0 aliphatic carbocycles. The molecule has 4 rings (SSSR count). The number of aromatic nitrogens is 3. The highest BCUT2D eigenvalue weighted by molar-refractivity contribution is 7.22. The molecule has 0 bridgehead atoms. The van der Waals surface area contributed by atoms with Gasteiger partial charge in [-0.2, -0.15) is 0 Å². The molecule has 10 heteroatoms. The van der Waals surface area contributed by atoms with E-state index in [0.29, 0.717) is 28.4 Å². The number of anilines is 2. The predicted octanol–water partition coefficient (Wildman–Crippen LogP) is 3.62. The Bertz CT molecular complexity index is 1270. The molecule has 0 spiro atoms. The lowest BCUT2D eigenvalue weighted by Crippen LogP contribution is -2.41. The molecule has 1 aliphatic heterocycles. The predicted molar refractivity (Wildman–Crippen MR) is 129 cm³/mol. The number of benzene rings is 1. The maximum absolute atomic E-state index is 13.2. The Labute approximate surface area is 194 Å². The maximum atomic E-state index is 13.2. The van der Waals surface area contributed by atoms with Crippen molar-refractivity contribution in [2.75, 3.05) is 23.3 Å². The number of fused-ring (bicyclic) bond motifs is 1. The lowest BCUT2D eigenvalue weighted by atomic mass is 10.1. The van der Waals surface area contributed by atoms with Gasteiger partial charge in [0.25, 0.3) is 5.56 Å². The standard InChI is InChI=1S/C22H26ClN5O3S/c1-3-10-27-20(30)18-19(25-21(32-18)26-11-5-4-6-12-26)28(22(27)31)13-17(29)24-16-9-7-8-15(23)14(16)2/h7-9H,3-6,10-13H2,1-2H3,(H,24,29). The van der Waals surface area contributed by atoms with Crippen LogP contribution in [-0.2, 0) is 17.9 Å². The van der Waals surface area contributed by atoms with Gasteiger partial charge in [-0.05, 0) is 50.3 Å². The van der Waals surface area contributed by atoms with Crippen molar-refractivity contribution in [2.24, 2.45) is 0 Å². The Morgan fingerprint density at radius 1 is 1.19 bits per heavy atom. The van der Waals surface area contributed by atoms with Crippen LogP contribution in [0.3, 0.4) is 0 Å². The molecule has 0 unspecified atom stereocenters. The molecular formula is C22H26ClN5O3S. The molecule has 0 atom stereocenters. The normalized spacial score (nSPS) is 14.2. The third kappa shape index (κ3) is 4.31. The third-order valence-corrected chi connectivity index (χ3v) is 7.17. The van der Waals surface area contributed by atoms with Crippen molar-refractivity contribution >= 4 is 50.0 Å². The first-order chi connectivity index (χ1) is 15.4. The average molecular weight is 476 g/mol. The van der Waals surface area contributed by atoms with E-state index in [4.69, 9.17) is 11.6 Å². The molecule has 1 aliphatic rings. The number of rotatable bonds is 6. The molecule has 1 fully saturated rings. The number of carbonyl (C=O) groups excluding carboxylic acids is 1. The Balaban J connectivity index is 1.75. The summed E-state index contributed by atoms with van der Waals surface area (Å²) in [5.74, 6) is -0.381. The van der Waals surface area contributed by atoms with E-state index in [9.17, 15) is 14.4 Å². The van der Waals surface area contributed by atoms with Crippen molar-refractivity contribution in [1.82, 2.24) is 14.1 Å². The second kappa shape index (κ2) is 9.46. The molecule has 1 aromatic carbocycles. The lowest BCUT2D eigenvalue weighted by Gasteiger charge is -2.25. The summed E-state index contributed by atoms with van der Waals surface area (Å²) in [6, 6.07) is 5.26. The van der Waals surface area contributed by atoms with Crippen molar-refractivity contribution in [1.29, 1.82) is 0 Å². The minimum Gasteiger partial charge on any atom is -0.348 e. The molecule has 170 valence electrons. The Kier molecular flexibility index (Phi) is 6.66. The summed E-state index contributed by atoms with van der Waals surface area (Å²) >= 11 is 7.45. The zero-order valence-corrected chi connectivity index (χ0v) is 19.8. The van der Waals surface area contributed by atoms with Gasteiger partial charge in [-0.25, -0.2) is 9.78 Å². The van der Waals surface area contributed by atoms with E-state index < -0.39 is 5.69 Å². The number of piperidine rings is 1. The van der Waals surface area contributed by atoms with Gasteiger partial charge in [0.2, 0.25) is 5.91 Å². The summed E-state index contributed by atoms with van der Waals surface area (Å²) in [6.07, 6.45) is 3.96. The summed E-state index contributed by atoms with van der Waals surface area (Å²) in [5.41, 5.74) is 0.751. The number of hydrogen-bond acceptors (Lipinski definition) is 6. The molecule has 0 saturated carbocycles. The highest BCUT2D eigenvalue weighted by Crippen LogP contribution is 2.28. The van der Waals surface area contributed by atoms with E-state index in [2.05, 4.69) is 15.2 Å². The number of nitrogens with one attached hydrogen (secondary N) is 1. The van der Waals surface area contributed by atoms with E-state index in [1.807, 2.05) is 13.8 Å². The van der Waals surface area contributed by atoms with Crippen molar-refractivity contribution in [3.63, 3.8) is 0 Å². The number of halogens is 1. The van der Waals surface area contributed by atoms with Gasteiger partial charge in [-0.3, -0.25) is 18.7 Å². The number of amides is 1. The van der Waals surface area contributed by atoms with Crippen LogP contribution in [0.5, 0.6) is 0 Å². The van der Waals surface area contributed by atoms with Crippen molar-refractivity contribution in [2.45, 2.75) is 52.6 Å². The van der Waals surface area contributed by atoms with Crippen LogP contribution in [0.25, 0.3) is 10.3 Å². The quantitative estimate of drug-likeness (QED) is 0.588. The summed E-state index contributed by atoms with van der Waals surface area (Å²) in [4.78, 5) is 45.9. The molecule has 1 amide bonds. The average Bonchev–Trinajstić information content (AvgIpc) is 3.24. The molecule has 32 heavy (non-hydrogen) atoms. The smallest absolute Gasteiger partial charge is 0.333 e. The highest BCUT2D eigenvalue weighted by atomic mass is 35.5.